The Hall–Kier alpha value is -1.56. The topological polar surface area (TPSA) is 41.5 Å². The zero-order valence-corrected chi connectivity index (χ0v) is 8.43. The lowest BCUT2D eigenvalue weighted by atomic mass is 10.3. The second-order valence-corrected chi connectivity index (χ2v) is 2.58. The second kappa shape index (κ2) is 6.01. The molecule has 70 valence electrons. The Morgan fingerprint density at radius 1 is 1.46 bits per heavy atom. The smallest absolute Gasteiger partial charge is 0.253 e. The molecule has 0 atom stereocenters. The van der Waals surface area contributed by atoms with Gasteiger partial charge < -0.3 is 0 Å². The number of hydrogen-bond donors (Lipinski definition) is 1. The second-order valence-electron chi connectivity index (χ2n) is 2.58. The lowest BCUT2D eigenvalue weighted by Gasteiger charge is -2.00. The summed E-state index contributed by atoms with van der Waals surface area (Å²) in [6, 6.07) is 0. The van der Waals surface area contributed by atoms with E-state index in [1.54, 1.807) is 19.9 Å². The molecule has 0 spiro atoms. The van der Waals surface area contributed by atoms with Gasteiger partial charge in [-0.05, 0) is 33.6 Å². The SMILES string of the molecule is CC#CC(=O)/C(=C\C)NN=C(C)C. The molecule has 0 aliphatic heterocycles. The molecule has 0 saturated heterocycles. The van der Waals surface area contributed by atoms with E-state index in [0.717, 1.165) is 5.71 Å². The first-order valence-electron chi connectivity index (χ1n) is 4.02. The Labute approximate surface area is 78.9 Å². The van der Waals surface area contributed by atoms with Gasteiger partial charge in [0.15, 0.2) is 0 Å². The largest absolute Gasteiger partial charge is 0.277 e. The van der Waals surface area contributed by atoms with Crippen LogP contribution >= 0.6 is 0 Å². The van der Waals surface area contributed by atoms with Gasteiger partial charge in [0.25, 0.3) is 5.78 Å². The van der Waals surface area contributed by atoms with Gasteiger partial charge in [-0.1, -0.05) is 12.0 Å². The van der Waals surface area contributed by atoms with Crippen molar-refractivity contribution < 1.29 is 4.79 Å². The Morgan fingerprint density at radius 3 is 2.46 bits per heavy atom. The van der Waals surface area contributed by atoms with Crippen LogP contribution in [-0.2, 0) is 4.79 Å². The van der Waals surface area contributed by atoms with Crippen molar-refractivity contribution in [1.82, 2.24) is 5.43 Å². The number of Topliss-reactive ketones (excluding diaryl/α,β-unsaturated/α-hetero) is 1. The molecule has 0 aromatic carbocycles. The van der Waals surface area contributed by atoms with Crippen LogP contribution in [0.4, 0.5) is 0 Å². The van der Waals surface area contributed by atoms with Gasteiger partial charge in [-0.3, -0.25) is 10.2 Å². The number of carbonyl (C=O) groups excluding carboxylic acids is 1. The van der Waals surface area contributed by atoms with Gasteiger partial charge in [-0.25, -0.2) is 0 Å². The first-order valence-corrected chi connectivity index (χ1v) is 4.02. The fourth-order valence-electron chi connectivity index (χ4n) is 0.599. The summed E-state index contributed by atoms with van der Waals surface area (Å²) in [7, 11) is 0. The van der Waals surface area contributed by atoms with E-state index in [1.807, 2.05) is 13.8 Å². The predicted molar refractivity (Wildman–Crippen MR) is 54.1 cm³/mol. The van der Waals surface area contributed by atoms with Crippen molar-refractivity contribution in [2.45, 2.75) is 27.7 Å². The van der Waals surface area contributed by atoms with E-state index in [4.69, 9.17) is 0 Å². The molecule has 0 aromatic rings. The van der Waals surface area contributed by atoms with E-state index in [1.165, 1.54) is 0 Å². The maximum Gasteiger partial charge on any atom is 0.253 e. The van der Waals surface area contributed by atoms with Gasteiger partial charge in [-0.2, -0.15) is 5.10 Å². The molecule has 0 saturated carbocycles. The van der Waals surface area contributed by atoms with E-state index in [9.17, 15) is 4.79 Å². The normalized spacial score (nSPS) is 9.69. The molecule has 0 amide bonds. The summed E-state index contributed by atoms with van der Waals surface area (Å²) >= 11 is 0. The number of hydrogen-bond acceptors (Lipinski definition) is 3. The van der Waals surface area contributed by atoms with Crippen LogP contribution < -0.4 is 5.43 Å². The van der Waals surface area contributed by atoms with Crippen LogP contribution in [-0.4, -0.2) is 11.5 Å². The van der Waals surface area contributed by atoms with Gasteiger partial charge in [0.05, 0.1) is 0 Å². The summed E-state index contributed by atoms with van der Waals surface area (Å²) in [6.07, 6.45) is 1.65. The third-order valence-corrected chi connectivity index (χ3v) is 1.17. The molecule has 13 heavy (non-hydrogen) atoms. The van der Waals surface area contributed by atoms with Gasteiger partial charge in [0, 0.05) is 5.71 Å². The summed E-state index contributed by atoms with van der Waals surface area (Å²) < 4.78 is 0. The first kappa shape index (κ1) is 11.4. The number of ketones is 1. The molecule has 0 bridgehead atoms. The van der Waals surface area contributed by atoms with E-state index in [-0.39, 0.29) is 5.78 Å². The zero-order valence-electron chi connectivity index (χ0n) is 8.43. The van der Waals surface area contributed by atoms with E-state index < -0.39 is 0 Å². The maximum absolute atomic E-state index is 11.2. The van der Waals surface area contributed by atoms with Gasteiger partial charge >= 0.3 is 0 Å². The highest BCUT2D eigenvalue weighted by Crippen LogP contribution is 1.90. The van der Waals surface area contributed by atoms with Crippen LogP contribution in [0.2, 0.25) is 0 Å². The minimum atomic E-state index is -0.241. The van der Waals surface area contributed by atoms with Gasteiger partial charge in [-0.15, -0.1) is 0 Å². The van der Waals surface area contributed by atoms with Crippen molar-refractivity contribution in [2.75, 3.05) is 0 Å². The number of allylic oxidation sites excluding steroid dienone is 2. The quantitative estimate of drug-likeness (QED) is 0.234. The number of carbonyl (C=O) groups is 1. The third-order valence-electron chi connectivity index (χ3n) is 1.17. The van der Waals surface area contributed by atoms with Crippen LogP contribution in [0.5, 0.6) is 0 Å². The maximum atomic E-state index is 11.2. The minimum Gasteiger partial charge on any atom is -0.277 e. The van der Waals surface area contributed by atoms with Crippen LogP contribution in [0.1, 0.15) is 27.7 Å². The summed E-state index contributed by atoms with van der Waals surface area (Å²) in [6.45, 7) is 7.07. The molecule has 3 nitrogen and oxygen atoms in total. The number of nitrogens with zero attached hydrogens (tertiary/aromatic N) is 1. The van der Waals surface area contributed by atoms with Crippen LogP contribution in [0.25, 0.3) is 0 Å². The number of nitrogens with one attached hydrogen (secondary N) is 1. The molecule has 0 aliphatic rings. The average molecular weight is 178 g/mol. The molecular formula is C10H14N2O. The van der Waals surface area contributed by atoms with E-state index in [2.05, 4.69) is 22.4 Å². The summed E-state index contributed by atoms with van der Waals surface area (Å²) in [4.78, 5) is 11.2. The van der Waals surface area contributed by atoms with E-state index >= 15 is 0 Å². The van der Waals surface area contributed by atoms with Crippen molar-refractivity contribution in [3.63, 3.8) is 0 Å². The Morgan fingerprint density at radius 2 is 2.08 bits per heavy atom. The van der Waals surface area contributed by atoms with E-state index in [0.29, 0.717) is 5.70 Å². The zero-order chi connectivity index (χ0) is 10.3. The molecule has 0 rings (SSSR count). The highest BCUT2D eigenvalue weighted by atomic mass is 16.1. The molecule has 0 aliphatic carbocycles. The fraction of sp³-hybridized carbons (Fsp3) is 0.400. The molecule has 0 fully saturated rings. The van der Waals surface area contributed by atoms with Crippen molar-refractivity contribution >= 4 is 11.5 Å². The summed E-state index contributed by atoms with van der Waals surface area (Å²) in [5, 5.41) is 3.91. The van der Waals surface area contributed by atoms with Crippen molar-refractivity contribution in [3.05, 3.63) is 11.8 Å². The lowest BCUT2D eigenvalue weighted by Crippen LogP contribution is -2.14. The highest BCUT2D eigenvalue weighted by Gasteiger charge is 2.02. The van der Waals surface area contributed by atoms with Gasteiger partial charge in [0.2, 0.25) is 0 Å². The lowest BCUT2D eigenvalue weighted by molar-refractivity contribution is -0.110. The first-order chi connectivity index (χ1) is 6.11. The Bertz CT molecular complexity index is 299. The van der Waals surface area contributed by atoms with Gasteiger partial charge in [0.1, 0.15) is 5.70 Å². The molecule has 0 aromatic heterocycles. The van der Waals surface area contributed by atoms with Crippen molar-refractivity contribution in [2.24, 2.45) is 5.10 Å². The molecular weight excluding hydrogens is 164 g/mol. The standard InChI is InChI=1S/C10H14N2O/c1-5-7-10(13)9(6-2)12-11-8(3)4/h6,12H,1-4H3/b9-6+. The van der Waals surface area contributed by atoms with Crippen LogP contribution in [0, 0.1) is 11.8 Å². The third kappa shape index (κ3) is 4.81. The predicted octanol–water partition coefficient (Wildman–Crippen LogP) is 1.47. The summed E-state index contributed by atoms with van der Waals surface area (Å²) in [5.74, 6) is 4.73. The average Bonchev–Trinajstić information content (AvgIpc) is 2.05. The number of rotatable bonds is 3. The Balaban J connectivity index is 4.44. The number of hydrazone groups is 1. The monoisotopic (exact) mass is 178 g/mol. The van der Waals surface area contributed by atoms with Crippen LogP contribution in [0.3, 0.4) is 0 Å². The van der Waals surface area contributed by atoms with Crippen molar-refractivity contribution in [3.8, 4) is 11.8 Å². The highest BCUT2D eigenvalue weighted by molar-refractivity contribution is 6.08. The molecule has 0 unspecified atom stereocenters. The molecule has 1 N–H and O–H groups in total. The molecule has 0 heterocycles. The summed E-state index contributed by atoms with van der Waals surface area (Å²) in [5.41, 5.74) is 3.92. The van der Waals surface area contributed by atoms with Crippen LogP contribution in [0.15, 0.2) is 16.9 Å². The molecule has 0 radical (unpaired) electrons. The fourth-order valence-corrected chi connectivity index (χ4v) is 0.599. The Kier molecular flexibility index (Phi) is 5.29. The van der Waals surface area contributed by atoms with Crippen molar-refractivity contribution in [1.29, 1.82) is 0 Å². The molecule has 3 heteroatoms. The minimum absolute atomic E-state index is 0.241.